The first-order valence-electron chi connectivity index (χ1n) is 7.82. The fourth-order valence-electron chi connectivity index (χ4n) is 3.00. The highest BCUT2D eigenvalue weighted by Crippen LogP contribution is 2.31. The predicted molar refractivity (Wildman–Crippen MR) is 74.1 cm³/mol. The van der Waals surface area contributed by atoms with Gasteiger partial charge in [-0.05, 0) is 31.6 Å². The van der Waals surface area contributed by atoms with Crippen molar-refractivity contribution < 1.29 is 4.79 Å². The molecule has 0 aromatic carbocycles. The summed E-state index contributed by atoms with van der Waals surface area (Å²) < 4.78 is 0. The maximum Gasteiger partial charge on any atom is 0.123 e. The Hall–Kier alpha value is -0.330. The van der Waals surface area contributed by atoms with E-state index < -0.39 is 0 Å². The molecule has 1 aliphatic carbocycles. The molecule has 0 amide bonds. The van der Waals surface area contributed by atoms with Crippen molar-refractivity contribution in [1.29, 1.82) is 0 Å². The number of carbonyl (C=O) groups excluding carboxylic acids is 1. The molecule has 0 unspecified atom stereocenters. The molecular formula is C16H30O. The van der Waals surface area contributed by atoms with Gasteiger partial charge in [-0.15, -0.1) is 0 Å². The van der Waals surface area contributed by atoms with Crippen LogP contribution in [0, 0.1) is 11.8 Å². The second kappa shape index (κ2) is 9.67. The summed E-state index contributed by atoms with van der Waals surface area (Å²) in [6.45, 7) is 2.27. The first-order chi connectivity index (χ1) is 8.36. The SMILES string of the molecule is CCCCCCCCC[C@H]1CC[C@H](C=O)CC1. The van der Waals surface area contributed by atoms with Gasteiger partial charge in [0.05, 0.1) is 0 Å². The average Bonchev–Trinajstić information content (AvgIpc) is 2.38. The molecule has 0 spiro atoms. The third kappa shape index (κ3) is 6.85. The van der Waals surface area contributed by atoms with Gasteiger partial charge in [0.1, 0.15) is 6.29 Å². The van der Waals surface area contributed by atoms with Crippen molar-refractivity contribution in [3.05, 3.63) is 0 Å². The molecule has 1 nitrogen and oxygen atoms in total. The molecular weight excluding hydrogens is 208 g/mol. The number of carbonyl (C=O) groups is 1. The lowest BCUT2D eigenvalue weighted by Crippen LogP contribution is -2.15. The minimum atomic E-state index is 0.389. The van der Waals surface area contributed by atoms with Crippen LogP contribution in [0.5, 0.6) is 0 Å². The van der Waals surface area contributed by atoms with Crippen LogP contribution in [0.3, 0.4) is 0 Å². The quantitative estimate of drug-likeness (QED) is 0.402. The predicted octanol–water partition coefficient (Wildman–Crippen LogP) is 5.13. The smallest absolute Gasteiger partial charge is 0.123 e. The minimum absolute atomic E-state index is 0.389. The van der Waals surface area contributed by atoms with E-state index in [4.69, 9.17) is 0 Å². The first-order valence-corrected chi connectivity index (χ1v) is 7.82. The summed E-state index contributed by atoms with van der Waals surface area (Å²) in [6.07, 6.45) is 17.4. The third-order valence-electron chi connectivity index (χ3n) is 4.30. The number of unbranched alkanes of at least 4 members (excludes halogenated alkanes) is 6. The highest BCUT2D eigenvalue weighted by Gasteiger charge is 2.19. The maximum atomic E-state index is 10.7. The summed E-state index contributed by atoms with van der Waals surface area (Å²) in [5, 5.41) is 0. The molecule has 1 fully saturated rings. The van der Waals surface area contributed by atoms with Crippen molar-refractivity contribution in [2.45, 2.75) is 84.0 Å². The number of hydrogen-bond acceptors (Lipinski definition) is 1. The fraction of sp³-hybridized carbons (Fsp3) is 0.938. The van der Waals surface area contributed by atoms with Gasteiger partial charge in [0.25, 0.3) is 0 Å². The summed E-state index contributed by atoms with van der Waals surface area (Å²) in [5.41, 5.74) is 0. The van der Waals surface area contributed by atoms with Gasteiger partial charge in [-0.2, -0.15) is 0 Å². The van der Waals surface area contributed by atoms with E-state index in [2.05, 4.69) is 6.92 Å². The van der Waals surface area contributed by atoms with Gasteiger partial charge in [0.15, 0.2) is 0 Å². The second-order valence-corrected chi connectivity index (χ2v) is 5.83. The Morgan fingerprint density at radius 2 is 1.47 bits per heavy atom. The molecule has 1 heteroatoms. The van der Waals surface area contributed by atoms with E-state index in [1.165, 1.54) is 70.5 Å². The average molecular weight is 238 g/mol. The monoisotopic (exact) mass is 238 g/mol. The van der Waals surface area contributed by atoms with Crippen molar-refractivity contribution in [2.24, 2.45) is 11.8 Å². The molecule has 1 saturated carbocycles. The molecule has 17 heavy (non-hydrogen) atoms. The standard InChI is InChI=1S/C16H30O/c1-2-3-4-5-6-7-8-9-15-10-12-16(14-17)13-11-15/h14-16H,2-13H2,1H3/t15-,16-. The summed E-state index contributed by atoms with van der Waals surface area (Å²) in [7, 11) is 0. The van der Waals surface area contributed by atoms with Gasteiger partial charge in [-0.3, -0.25) is 0 Å². The topological polar surface area (TPSA) is 17.1 Å². The van der Waals surface area contributed by atoms with Crippen LogP contribution >= 0.6 is 0 Å². The van der Waals surface area contributed by atoms with Crippen molar-refractivity contribution in [3.8, 4) is 0 Å². The minimum Gasteiger partial charge on any atom is -0.303 e. The van der Waals surface area contributed by atoms with Gasteiger partial charge in [-0.25, -0.2) is 0 Å². The Morgan fingerprint density at radius 1 is 0.882 bits per heavy atom. The maximum absolute atomic E-state index is 10.7. The molecule has 0 bridgehead atoms. The lowest BCUT2D eigenvalue weighted by atomic mass is 9.80. The molecule has 0 aromatic heterocycles. The van der Waals surface area contributed by atoms with E-state index in [0.29, 0.717) is 5.92 Å². The van der Waals surface area contributed by atoms with E-state index in [9.17, 15) is 4.79 Å². The van der Waals surface area contributed by atoms with Gasteiger partial charge in [-0.1, -0.05) is 58.3 Å². The van der Waals surface area contributed by atoms with Crippen molar-refractivity contribution in [1.82, 2.24) is 0 Å². The van der Waals surface area contributed by atoms with Gasteiger partial charge >= 0.3 is 0 Å². The number of hydrogen-bond donors (Lipinski definition) is 0. The molecule has 0 heterocycles. The molecule has 0 aromatic rings. The Balaban J connectivity index is 1.88. The van der Waals surface area contributed by atoms with Gasteiger partial charge < -0.3 is 4.79 Å². The van der Waals surface area contributed by atoms with Crippen LogP contribution in [0.4, 0.5) is 0 Å². The summed E-state index contributed by atoms with van der Waals surface area (Å²) in [4.78, 5) is 10.7. The fourth-order valence-corrected chi connectivity index (χ4v) is 3.00. The molecule has 0 N–H and O–H groups in total. The highest BCUT2D eigenvalue weighted by atomic mass is 16.1. The van der Waals surface area contributed by atoms with Crippen LogP contribution in [0.1, 0.15) is 84.0 Å². The molecule has 1 rings (SSSR count). The van der Waals surface area contributed by atoms with E-state index in [1.54, 1.807) is 0 Å². The Labute approximate surface area is 107 Å². The number of aldehydes is 1. The third-order valence-corrected chi connectivity index (χ3v) is 4.30. The van der Waals surface area contributed by atoms with Gasteiger partial charge in [0, 0.05) is 5.92 Å². The van der Waals surface area contributed by atoms with E-state index in [0.717, 1.165) is 18.8 Å². The van der Waals surface area contributed by atoms with E-state index >= 15 is 0 Å². The summed E-state index contributed by atoms with van der Waals surface area (Å²) in [6, 6.07) is 0. The Bertz CT molecular complexity index is 180. The van der Waals surface area contributed by atoms with Crippen LogP contribution < -0.4 is 0 Å². The molecule has 0 saturated heterocycles. The summed E-state index contributed by atoms with van der Waals surface area (Å²) >= 11 is 0. The normalized spacial score (nSPS) is 24.8. The van der Waals surface area contributed by atoms with Crippen LogP contribution in [-0.4, -0.2) is 6.29 Å². The largest absolute Gasteiger partial charge is 0.303 e. The number of rotatable bonds is 9. The Kier molecular flexibility index (Phi) is 8.38. The van der Waals surface area contributed by atoms with Crippen LogP contribution in [0.15, 0.2) is 0 Å². The zero-order valence-corrected chi connectivity index (χ0v) is 11.6. The van der Waals surface area contributed by atoms with Crippen molar-refractivity contribution in [2.75, 3.05) is 0 Å². The molecule has 0 radical (unpaired) electrons. The lowest BCUT2D eigenvalue weighted by molar-refractivity contribution is -0.112. The summed E-state index contributed by atoms with van der Waals surface area (Å²) in [5.74, 6) is 1.32. The van der Waals surface area contributed by atoms with Crippen molar-refractivity contribution in [3.63, 3.8) is 0 Å². The van der Waals surface area contributed by atoms with Crippen LogP contribution in [0.2, 0.25) is 0 Å². The van der Waals surface area contributed by atoms with Crippen LogP contribution in [-0.2, 0) is 4.79 Å². The van der Waals surface area contributed by atoms with E-state index in [1.807, 2.05) is 0 Å². The molecule has 0 atom stereocenters. The zero-order chi connectivity index (χ0) is 12.3. The lowest BCUT2D eigenvalue weighted by Gasteiger charge is -2.25. The zero-order valence-electron chi connectivity index (χ0n) is 11.6. The Morgan fingerprint density at radius 3 is 2.06 bits per heavy atom. The van der Waals surface area contributed by atoms with E-state index in [-0.39, 0.29) is 0 Å². The first kappa shape index (κ1) is 14.7. The molecule has 100 valence electrons. The second-order valence-electron chi connectivity index (χ2n) is 5.83. The molecule has 0 aliphatic heterocycles. The van der Waals surface area contributed by atoms with Gasteiger partial charge in [0.2, 0.25) is 0 Å². The molecule has 1 aliphatic rings. The highest BCUT2D eigenvalue weighted by molar-refractivity contribution is 5.53. The van der Waals surface area contributed by atoms with Crippen LogP contribution in [0.25, 0.3) is 0 Å². The van der Waals surface area contributed by atoms with Crippen molar-refractivity contribution >= 4 is 6.29 Å².